The van der Waals surface area contributed by atoms with Crippen LogP contribution in [0.25, 0.3) is 33.5 Å². The van der Waals surface area contributed by atoms with Gasteiger partial charge in [0.15, 0.2) is 12.4 Å². The molecule has 1 fully saturated rings. The molecular weight excluding hydrogens is 484 g/mol. The van der Waals surface area contributed by atoms with Crippen LogP contribution in [0.4, 0.5) is 0 Å². The quantitative estimate of drug-likeness (QED) is 0.322. The van der Waals surface area contributed by atoms with Crippen LogP contribution >= 0.6 is 0 Å². The summed E-state index contributed by atoms with van der Waals surface area (Å²) in [6, 6.07) is 23.8. The van der Waals surface area contributed by atoms with Crippen LogP contribution in [0.15, 0.2) is 93.2 Å². The van der Waals surface area contributed by atoms with Crippen molar-refractivity contribution in [1.29, 1.82) is 0 Å². The summed E-state index contributed by atoms with van der Waals surface area (Å²) in [5, 5.41) is 5.84. The lowest BCUT2D eigenvalue weighted by Gasteiger charge is -2.26. The number of para-hydroxylation sites is 3. The third-order valence-corrected chi connectivity index (χ3v) is 6.35. The van der Waals surface area contributed by atoms with E-state index in [9.17, 15) is 9.59 Å². The fourth-order valence-corrected chi connectivity index (χ4v) is 4.36. The molecule has 0 bridgehead atoms. The Bertz CT molecular complexity index is 1680. The van der Waals surface area contributed by atoms with Crippen LogP contribution in [0.2, 0.25) is 0 Å². The van der Waals surface area contributed by atoms with Crippen molar-refractivity contribution < 1.29 is 18.7 Å². The lowest BCUT2D eigenvalue weighted by molar-refractivity contribution is -0.137. The second-order valence-electron chi connectivity index (χ2n) is 8.78. The lowest BCUT2D eigenvalue weighted by atomic mass is 10.2. The largest absolute Gasteiger partial charge is 0.483 e. The Morgan fingerprint density at radius 3 is 2.63 bits per heavy atom. The second kappa shape index (κ2) is 10.3. The third-order valence-electron chi connectivity index (χ3n) is 6.35. The van der Waals surface area contributed by atoms with E-state index in [4.69, 9.17) is 18.9 Å². The molecule has 2 aromatic heterocycles. The highest BCUT2D eigenvalue weighted by Gasteiger charge is 2.18. The molecule has 190 valence electrons. The average Bonchev–Trinajstić information content (AvgIpc) is 3.40. The van der Waals surface area contributed by atoms with Gasteiger partial charge in [-0.3, -0.25) is 9.59 Å². The minimum atomic E-state index is -0.330. The summed E-state index contributed by atoms with van der Waals surface area (Å²) in [4.78, 5) is 32.5. The van der Waals surface area contributed by atoms with Crippen molar-refractivity contribution in [2.24, 2.45) is 5.10 Å². The van der Waals surface area contributed by atoms with Crippen LogP contribution < -0.4 is 10.3 Å². The second-order valence-corrected chi connectivity index (χ2v) is 8.78. The highest BCUT2D eigenvalue weighted by Crippen LogP contribution is 2.27. The molecule has 3 heterocycles. The molecule has 1 aliphatic rings. The number of morpholine rings is 1. The number of furan rings is 1. The first-order chi connectivity index (χ1) is 18.7. The molecule has 6 rings (SSSR count). The van der Waals surface area contributed by atoms with Gasteiger partial charge >= 0.3 is 0 Å². The number of carbonyl (C=O) groups is 1. The van der Waals surface area contributed by atoms with Crippen molar-refractivity contribution >= 4 is 34.0 Å². The Hall–Kier alpha value is -4.76. The smallest absolute Gasteiger partial charge is 0.282 e. The van der Waals surface area contributed by atoms with Gasteiger partial charge in [0.2, 0.25) is 5.82 Å². The molecule has 0 N–H and O–H groups in total. The number of amides is 1. The van der Waals surface area contributed by atoms with Gasteiger partial charge in [-0.1, -0.05) is 42.5 Å². The number of rotatable bonds is 6. The molecule has 0 radical (unpaired) electrons. The van der Waals surface area contributed by atoms with Crippen molar-refractivity contribution in [3.05, 3.63) is 94.8 Å². The third kappa shape index (κ3) is 4.67. The summed E-state index contributed by atoms with van der Waals surface area (Å²) >= 11 is 0. The maximum atomic E-state index is 13.5. The first-order valence-corrected chi connectivity index (χ1v) is 12.3. The number of fused-ring (bicyclic) bond motifs is 2. The van der Waals surface area contributed by atoms with Gasteiger partial charge in [-0.2, -0.15) is 9.78 Å². The first-order valence-electron chi connectivity index (χ1n) is 12.3. The van der Waals surface area contributed by atoms with E-state index in [2.05, 4.69) is 5.10 Å². The minimum absolute atomic E-state index is 0.105. The predicted molar refractivity (Wildman–Crippen MR) is 144 cm³/mol. The summed E-state index contributed by atoms with van der Waals surface area (Å²) in [6.45, 7) is 2.04. The van der Waals surface area contributed by atoms with Gasteiger partial charge < -0.3 is 18.8 Å². The van der Waals surface area contributed by atoms with Gasteiger partial charge in [0.25, 0.3) is 11.5 Å². The van der Waals surface area contributed by atoms with E-state index < -0.39 is 0 Å². The van der Waals surface area contributed by atoms with Crippen molar-refractivity contribution in [2.75, 3.05) is 32.9 Å². The SMILES string of the molecule is O=C(COc1ccccc1C=Nn1c(-c2cc3ccccc3o2)nc2ccccc2c1=O)N1CCOCC1. The van der Waals surface area contributed by atoms with E-state index in [1.807, 2.05) is 48.5 Å². The zero-order chi connectivity index (χ0) is 25.9. The Kier molecular flexibility index (Phi) is 6.41. The zero-order valence-electron chi connectivity index (χ0n) is 20.4. The van der Waals surface area contributed by atoms with Crippen molar-refractivity contribution in [3.8, 4) is 17.3 Å². The molecule has 0 aliphatic carbocycles. The van der Waals surface area contributed by atoms with Gasteiger partial charge in [0.05, 0.1) is 30.3 Å². The summed E-state index contributed by atoms with van der Waals surface area (Å²) in [5.74, 6) is 1.07. The topological polar surface area (TPSA) is 99.2 Å². The van der Waals surface area contributed by atoms with E-state index in [1.54, 1.807) is 35.2 Å². The highest BCUT2D eigenvalue weighted by atomic mass is 16.5. The molecule has 38 heavy (non-hydrogen) atoms. The Labute approximate surface area is 217 Å². The fourth-order valence-electron chi connectivity index (χ4n) is 4.36. The van der Waals surface area contributed by atoms with Crippen molar-refractivity contribution in [1.82, 2.24) is 14.6 Å². The number of nitrogens with zero attached hydrogens (tertiary/aromatic N) is 4. The molecule has 9 heteroatoms. The van der Waals surface area contributed by atoms with Gasteiger partial charge in [-0.05, 0) is 36.4 Å². The number of aromatic nitrogens is 2. The molecule has 1 saturated heterocycles. The minimum Gasteiger partial charge on any atom is -0.483 e. The molecule has 5 aromatic rings. The molecule has 1 amide bonds. The average molecular weight is 509 g/mol. The summed E-state index contributed by atoms with van der Waals surface area (Å²) in [7, 11) is 0. The van der Waals surface area contributed by atoms with Crippen LogP contribution in [0.5, 0.6) is 5.75 Å². The van der Waals surface area contributed by atoms with Crippen LogP contribution in [0.1, 0.15) is 5.56 Å². The highest BCUT2D eigenvalue weighted by molar-refractivity contribution is 5.86. The van der Waals surface area contributed by atoms with E-state index >= 15 is 0 Å². The van der Waals surface area contributed by atoms with E-state index in [0.717, 1.165) is 5.39 Å². The van der Waals surface area contributed by atoms with Crippen LogP contribution in [-0.2, 0) is 9.53 Å². The first kappa shape index (κ1) is 23.6. The molecule has 0 spiro atoms. The van der Waals surface area contributed by atoms with Gasteiger partial charge in [0, 0.05) is 24.0 Å². The Balaban J connectivity index is 1.36. The molecule has 0 atom stereocenters. The standard InChI is InChI=1S/C29H24N4O5/c34-27(32-13-15-36-16-14-32)19-37-24-11-5-2-8-21(24)18-30-33-28(26-17-20-7-1-6-12-25(20)38-26)31-23-10-4-3-9-22(23)29(33)35/h1-12,17-18H,13-16,19H2. The maximum absolute atomic E-state index is 13.5. The van der Waals surface area contributed by atoms with E-state index in [1.165, 1.54) is 10.9 Å². The number of hydrogen-bond acceptors (Lipinski definition) is 7. The Morgan fingerprint density at radius 2 is 1.76 bits per heavy atom. The van der Waals surface area contributed by atoms with Crippen molar-refractivity contribution in [2.45, 2.75) is 0 Å². The summed E-state index contributed by atoms with van der Waals surface area (Å²) < 4.78 is 18.4. The van der Waals surface area contributed by atoms with E-state index in [0.29, 0.717) is 59.9 Å². The monoisotopic (exact) mass is 508 g/mol. The number of benzene rings is 3. The molecule has 3 aromatic carbocycles. The normalized spacial score (nSPS) is 13.9. The van der Waals surface area contributed by atoms with Crippen LogP contribution in [0.3, 0.4) is 0 Å². The molecule has 9 nitrogen and oxygen atoms in total. The van der Waals surface area contributed by atoms with Gasteiger partial charge in [-0.25, -0.2) is 4.98 Å². The fraction of sp³-hybridized carbons (Fsp3) is 0.172. The maximum Gasteiger partial charge on any atom is 0.282 e. The number of carbonyl (C=O) groups excluding carboxylic acids is 1. The molecule has 1 aliphatic heterocycles. The lowest BCUT2D eigenvalue weighted by Crippen LogP contribution is -2.43. The van der Waals surface area contributed by atoms with Crippen molar-refractivity contribution in [3.63, 3.8) is 0 Å². The zero-order valence-corrected chi connectivity index (χ0v) is 20.4. The van der Waals surface area contributed by atoms with Crippen LogP contribution in [-0.4, -0.2) is 59.6 Å². The predicted octanol–water partition coefficient (Wildman–Crippen LogP) is 3.93. The molecular formula is C29H24N4O5. The van der Waals surface area contributed by atoms with E-state index in [-0.39, 0.29) is 23.9 Å². The number of ether oxygens (including phenoxy) is 2. The number of hydrogen-bond donors (Lipinski definition) is 0. The van der Waals surface area contributed by atoms with Crippen LogP contribution in [0, 0.1) is 0 Å². The van der Waals surface area contributed by atoms with Gasteiger partial charge in [0.1, 0.15) is 11.3 Å². The summed E-state index contributed by atoms with van der Waals surface area (Å²) in [5.41, 5.74) is 1.51. The Morgan fingerprint density at radius 1 is 1.00 bits per heavy atom. The molecule has 0 saturated carbocycles. The van der Waals surface area contributed by atoms with Gasteiger partial charge in [-0.15, -0.1) is 0 Å². The molecule has 0 unspecified atom stereocenters. The summed E-state index contributed by atoms with van der Waals surface area (Å²) in [6.07, 6.45) is 1.53.